The Hall–Kier alpha value is -3.27. The monoisotopic (exact) mass is 474 g/mol. The van der Waals surface area contributed by atoms with E-state index >= 15 is 0 Å². The Kier molecular flexibility index (Phi) is 6.73. The lowest BCUT2D eigenvalue weighted by Crippen LogP contribution is -2.04. The number of nitrogens with zero attached hydrogens (tertiary/aromatic N) is 2. The summed E-state index contributed by atoms with van der Waals surface area (Å²) >= 11 is 0. The van der Waals surface area contributed by atoms with Gasteiger partial charge in [-0.05, 0) is 55.2 Å². The van der Waals surface area contributed by atoms with Crippen molar-refractivity contribution in [2.75, 3.05) is 24.8 Å². The molecule has 174 valence electrons. The molecule has 2 aromatic carbocycles. The van der Waals surface area contributed by atoms with E-state index in [1.54, 1.807) is 18.2 Å². The van der Waals surface area contributed by atoms with Gasteiger partial charge >= 0.3 is 0 Å². The molecule has 7 nitrogen and oxygen atoms in total. The zero-order valence-corrected chi connectivity index (χ0v) is 18.9. The molecular formula is C23H24F2N4O3S. The summed E-state index contributed by atoms with van der Waals surface area (Å²) in [7, 11) is -2.77. The Morgan fingerprint density at radius 2 is 1.85 bits per heavy atom. The number of aromatic nitrogens is 2. The van der Waals surface area contributed by atoms with Crippen molar-refractivity contribution in [2.24, 2.45) is 0 Å². The second kappa shape index (κ2) is 9.70. The number of nitrogens with one attached hydrogen (secondary N) is 2. The van der Waals surface area contributed by atoms with Gasteiger partial charge in [0.1, 0.15) is 11.4 Å². The van der Waals surface area contributed by atoms with E-state index < -0.39 is 21.4 Å². The van der Waals surface area contributed by atoms with Gasteiger partial charge in [-0.25, -0.2) is 23.0 Å². The average Bonchev–Trinajstić information content (AvgIpc) is 2.74. The molecular weight excluding hydrogens is 450 g/mol. The first-order valence-electron chi connectivity index (χ1n) is 10.5. The summed E-state index contributed by atoms with van der Waals surface area (Å²) in [6.07, 6.45) is 4.68. The minimum absolute atomic E-state index is 0.00275. The van der Waals surface area contributed by atoms with Crippen molar-refractivity contribution in [1.82, 2.24) is 9.97 Å². The van der Waals surface area contributed by atoms with Gasteiger partial charge in [-0.15, -0.1) is 0 Å². The third-order valence-electron chi connectivity index (χ3n) is 4.93. The highest BCUT2D eigenvalue weighted by molar-refractivity contribution is 7.90. The predicted molar refractivity (Wildman–Crippen MR) is 122 cm³/mol. The maximum absolute atomic E-state index is 14.5. The highest BCUT2D eigenvalue weighted by Crippen LogP contribution is 2.29. The summed E-state index contributed by atoms with van der Waals surface area (Å²) in [6.45, 7) is 0.764. The molecule has 0 fully saturated rings. The van der Waals surface area contributed by atoms with Crippen molar-refractivity contribution in [1.29, 1.82) is 4.78 Å². The fourth-order valence-electron chi connectivity index (χ4n) is 3.49. The van der Waals surface area contributed by atoms with Gasteiger partial charge in [0, 0.05) is 33.3 Å². The van der Waals surface area contributed by atoms with Crippen LogP contribution in [0.4, 0.5) is 20.4 Å². The third-order valence-corrected chi connectivity index (χ3v) is 5.81. The average molecular weight is 475 g/mol. The topological polar surface area (TPSA) is 97.2 Å². The smallest absolute Gasteiger partial charge is 0.227 e. The summed E-state index contributed by atoms with van der Waals surface area (Å²) in [5, 5.41) is 3.02. The molecule has 1 aliphatic rings. The number of ether oxygens (including phenoxy) is 2. The van der Waals surface area contributed by atoms with E-state index in [4.69, 9.17) is 14.3 Å². The van der Waals surface area contributed by atoms with Crippen LogP contribution in [-0.4, -0.2) is 33.6 Å². The van der Waals surface area contributed by atoms with Crippen molar-refractivity contribution < 1.29 is 22.5 Å². The Bertz CT molecular complexity index is 1270. The van der Waals surface area contributed by atoms with Crippen LogP contribution >= 0.6 is 0 Å². The highest BCUT2D eigenvalue weighted by Gasteiger charge is 2.14. The van der Waals surface area contributed by atoms with E-state index in [-0.39, 0.29) is 23.1 Å². The van der Waals surface area contributed by atoms with Gasteiger partial charge in [-0.3, -0.25) is 4.78 Å². The van der Waals surface area contributed by atoms with Crippen molar-refractivity contribution >= 4 is 21.4 Å². The molecule has 1 aliphatic heterocycles. The van der Waals surface area contributed by atoms with Crippen molar-refractivity contribution in [3.05, 3.63) is 59.8 Å². The van der Waals surface area contributed by atoms with Crippen LogP contribution in [-0.2, 0) is 15.5 Å². The summed E-state index contributed by atoms with van der Waals surface area (Å²) in [5.74, 6) is -0.421. The van der Waals surface area contributed by atoms with Gasteiger partial charge in [0.2, 0.25) is 5.95 Å². The molecule has 0 saturated carbocycles. The molecule has 33 heavy (non-hydrogen) atoms. The van der Waals surface area contributed by atoms with Gasteiger partial charge in [0.05, 0.1) is 25.2 Å². The Morgan fingerprint density at radius 3 is 2.64 bits per heavy atom. The standard InChI is InChI=1S/C23H24F2N4O3S/c1-33(26,30)14-15-9-17-12-18(10-15)31-7-3-2-4-8-32-21-11-16(5-6-19(21)24)22-20(25)13-27-23(28-17)29-22/h5-6,9-13,26H,2-4,7-8,14H2,1H3,(H,27,28,29). The van der Waals surface area contributed by atoms with Crippen LogP contribution in [0.5, 0.6) is 11.5 Å². The number of halogens is 2. The second-order valence-corrected chi connectivity index (χ2v) is 10.2. The van der Waals surface area contributed by atoms with Crippen LogP contribution in [0, 0.1) is 16.4 Å². The number of hydrogen-bond donors (Lipinski definition) is 2. The molecule has 0 spiro atoms. The van der Waals surface area contributed by atoms with E-state index in [0.29, 0.717) is 42.2 Å². The Morgan fingerprint density at radius 1 is 1.06 bits per heavy atom. The summed E-state index contributed by atoms with van der Waals surface area (Å²) < 4.78 is 60.0. The van der Waals surface area contributed by atoms with Crippen molar-refractivity contribution in [3.63, 3.8) is 0 Å². The van der Waals surface area contributed by atoms with E-state index in [0.717, 1.165) is 19.0 Å². The van der Waals surface area contributed by atoms with Gasteiger partial charge in [-0.1, -0.05) is 0 Å². The number of hydrogen-bond acceptors (Lipinski definition) is 7. The van der Waals surface area contributed by atoms with E-state index in [2.05, 4.69) is 15.3 Å². The number of fused-ring (bicyclic) bond motifs is 7. The first-order chi connectivity index (χ1) is 15.8. The summed E-state index contributed by atoms with van der Waals surface area (Å²) in [5.41, 5.74) is 1.57. The zero-order valence-electron chi connectivity index (χ0n) is 18.1. The van der Waals surface area contributed by atoms with Crippen LogP contribution in [0.1, 0.15) is 24.8 Å². The van der Waals surface area contributed by atoms with Crippen LogP contribution in [0.15, 0.2) is 42.6 Å². The fourth-order valence-corrected chi connectivity index (χ4v) is 4.29. The quantitative estimate of drug-likeness (QED) is 0.524. The van der Waals surface area contributed by atoms with E-state index in [1.165, 1.54) is 24.5 Å². The maximum atomic E-state index is 14.5. The molecule has 0 saturated heterocycles. The summed E-state index contributed by atoms with van der Waals surface area (Å²) in [4.78, 5) is 8.28. The van der Waals surface area contributed by atoms with Gasteiger partial charge < -0.3 is 14.8 Å². The molecule has 6 bridgehead atoms. The van der Waals surface area contributed by atoms with Crippen LogP contribution in [0.25, 0.3) is 11.3 Å². The molecule has 3 aromatic rings. The Labute approximate surface area is 191 Å². The molecule has 2 heterocycles. The second-order valence-electron chi connectivity index (χ2n) is 7.93. The normalized spacial score (nSPS) is 15.8. The minimum atomic E-state index is -2.77. The van der Waals surface area contributed by atoms with E-state index in [1.807, 2.05) is 0 Å². The van der Waals surface area contributed by atoms with Crippen LogP contribution in [0.2, 0.25) is 0 Å². The lowest BCUT2D eigenvalue weighted by Gasteiger charge is -2.13. The number of rotatable bonds is 2. The van der Waals surface area contributed by atoms with Gasteiger partial charge in [0.15, 0.2) is 17.4 Å². The number of anilines is 2. The molecule has 1 aromatic heterocycles. The zero-order chi connectivity index (χ0) is 23.4. The van der Waals surface area contributed by atoms with Crippen LogP contribution < -0.4 is 14.8 Å². The third kappa shape index (κ3) is 6.16. The van der Waals surface area contributed by atoms with Crippen molar-refractivity contribution in [2.45, 2.75) is 25.0 Å². The molecule has 0 radical (unpaired) electrons. The fraction of sp³-hybridized carbons (Fsp3) is 0.304. The molecule has 0 aliphatic carbocycles. The maximum Gasteiger partial charge on any atom is 0.227 e. The van der Waals surface area contributed by atoms with E-state index in [9.17, 15) is 13.0 Å². The van der Waals surface area contributed by atoms with Gasteiger partial charge in [0.25, 0.3) is 0 Å². The predicted octanol–water partition coefficient (Wildman–Crippen LogP) is 5.28. The number of benzene rings is 2. The van der Waals surface area contributed by atoms with Crippen molar-refractivity contribution in [3.8, 4) is 22.8 Å². The molecule has 2 N–H and O–H groups in total. The minimum Gasteiger partial charge on any atom is -0.494 e. The summed E-state index contributed by atoms with van der Waals surface area (Å²) in [6, 6.07) is 9.31. The molecule has 10 heteroatoms. The van der Waals surface area contributed by atoms with Crippen LogP contribution in [0.3, 0.4) is 0 Å². The van der Waals surface area contributed by atoms with Gasteiger partial charge in [-0.2, -0.15) is 0 Å². The Balaban J connectivity index is 1.75. The molecule has 1 atom stereocenters. The molecule has 4 rings (SSSR count). The first kappa shape index (κ1) is 22.9. The molecule has 0 amide bonds. The SMILES string of the molecule is CS(=N)(=O)Cc1cc2cc(c1)OCCCCCOc1cc(ccc1F)-c1nc(ncc1F)N2. The lowest BCUT2D eigenvalue weighted by molar-refractivity contribution is 0.272. The first-order valence-corrected chi connectivity index (χ1v) is 12.6. The highest BCUT2D eigenvalue weighted by atomic mass is 32.2. The lowest BCUT2D eigenvalue weighted by atomic mass is 10.1. The molecule has 1 unspecified atom stereocenters. The largest absolute Gasteiger partial charge is 0.494 e.